The van der Waals surface area contributed by atoms with Gasteiger partial charge in [-0.05, 0) is 18.1 Å². The van der Waals surface area contributed by atoms with Crippen molar-refractivity contribution in [2.75, 3.05) is 13.7 Å². The second-order valence-corrected chi connectivity index (χ2v) is 7.55. The van der Waals surface area contributed by atoms with Gasteiger partial charge < -0.3 is 19.9 Å². The molecule has 0 aliphatic carbocycles. The Morgan fingerprint density at radius 3 is 2.90 bits per heavy atom. The van der Waals surface area contributed by atoms with Crippen LogP contribution in [0.5, 0.6) is 0 Å². The van der Waals surface area contributed by atoms with Crippen molar-refractivity contribution in [2.45, 2.75) is 38.8 Å². The van der Waals surface area contributed by atoms with Crippen molar-refractivity contribution in [3.05, 3.63) is 52.3 Å². The van der Waals surface area contributed by atoms with Gasteiger partial charge in [0, 0.05) is 29.2 Å². The summed E-state index contributed by atoms with van der Waals surface area (Å²) < 4.78 is 19.6. The van der Waals surface area contributed by atoms with E-state index in [1.165, 1.54) is 24.4 Å². The number of urea groups is 1. The molecular weight excluding hydrogens is 399 g/mol. The van der Waals surface area contributed by atoms with E-state index in [1.54, 1.807) is 12.1 Å². The first-order chi connectivity index (χ1) is 13.9. The molecule has 3 atom stereocenters. The standard InChI is InChI=1S/C20H24ClFN4O3/c1-4-11(2)16(19(27)29-3)25-20(28)26-8-7-15-17(24-10-23-15)18(26)13-6-5-12(21)9-14(13)22/h5-6,9-11,16,18H,4,7-8H2,1-3H3,(H,23,24)(H,25,28). The minimum Gasteiger partial charge on any atom is -0.467 e. The van der Waals surface area contributed by atoms with Gasteiger partial charge >= 0.3 is 12.0 Å². The van der Waals surface area contributed by atoms with E-state index in [2.05, 4.69) is 15.3 Å². The van der Waals surface area contributed by atoms with Gasteiger partial charge in [0.05, 0.1) is 19.1 Å². The van der Waals surface area contributed by atoms with E-state index < -0.39 is 29.9 Å². The Labute approximate surface area is 173 Å². The van der Waals surface area contributed by atoms with Crippen molar-refractivity contribution in [3.63, 3.8) is 0 Å². The molecule has 0 saturated heterocycles. The molecule has 2 amide bonds. The molecule has 0 saturated carbocycles. The van der Waals surface area contributed by atoms with Crippen LogP contribution in [0.25, 0.3) is 0 Å². The third-order valence-electron chi connectivity index (χ3n) is 5.39. The lowest BCUT2D eigenvalue weighted by atomic mass is 9.95. The van der Waals surface area contributed by atoms with Crippen LogP contribution in [0.4, 0.5) is 9.18 Å². The number of methoxy groups -OCH3 is 1. The first kappa shape index (κ1) is 21.1. The number of ether oxygens (including phenoxy) is 1. The highest BCUT2D eigenvalue weighted by atomic mass is 35.5. The first-order valence-corrected chi connectivity index (χ1v) is 9.87. The lowest BCUT2D eigenvalue weighted by Crippen LogP contribution is -2.53. The Bertz CT molecular complexity index is 904. The fourth-order valence-corrected chi connectivity index (χ4v) is 3.70. The highest BCUT2D eigenvalue weighted by molar-refractivity contribution is 6.30. The van der Waals surface area contributed by atoms with Crippen molar-refractivity contribution < 1.29 is 18.7 Å². The second kappa shape index (κ2) is 8.82. The molecule has 9 heteroatoms. The Morgan fingerprint density at radius 2 is 2.24 bits per heavy atom. The molecule has 0 spiro atoms. The average Bonchev–Trinajstić information content (AvgIpc) is 3.19. The number of aromatic nitrogens is 2. The lowest BCUT2D eigenvalue weighted by Gasteiger charge is -2.36. The van der Waals surface area contributed by atoms with E-state index in [1.807, 2.05) is 13.8 Å². The number of rotatable bonds is 5. The van der Waals surface area contributed by atoms with Gasteiger partial charge in [-0.1, -0.05) is 37.9 Å². The predicted molar refractivity (Wildman–Crippen MR) is 106 cm³/mol. The van der Waals surface area contributed by atoms with Crippen molar-refractivity contribution in [1.29, 1.82) is 0 Å². The molecule has 3 unspecified atom stereocenters. The smallest absolute Gasteiger partial charge is 0.328 e. The molecule has 2 heterocycles. The molecule has 1 aromatic heterocycles. The van der Waals surface area contributed by atoms with Crippen LogP contribution < -0.4 is 5.32 Å². The summed E-state index contributed by atoms with van der Waals surface area (Å²) in [7, 11) is 1.28. The Morgan fingerprint density at radius 1 is 1.48 bits per heavy atom. The maximum Gasteiger partial charge on any atom is 0.328 e. The molecule has 7 nitrogen and oxygen atoms in total. The topological polar surface area (TPSA) is 87.3 Å². The summed E-state index contributed by atoms with van der Waals surface area (Å²) in [6.45, 7) is 4.12. The van der Waals surface area contributed by atoms with Crippen LogP contribution in [0, 0.1) is 11.7 Å². The molecule has 2 aromatic rings. The number of H-pyrrole nitrogens is 1. The molecule has 1 aliphatic heterocycles. The normalized spacial score (nSPS) is 18.0. The number of nitrogens with one attached hydrogen (secondary N) is 2. The number of carbonyl (C=O) groups excluding carboxylic acids is 2. The summed E-state index contributed by atoms with van der Waals surface area (Å²) in [5.74, 6) is -1.16. The number of halogens is 2. The number of hydrogen-bond donors (Lipinski definition) is 2. The van der Waals surface area contributed by atoms with E-state index in [0.717, 1.165) is 5.69 Å². The third-order valence-corrected chi connectivity index (χ3v) is 5.63. The fraction of sp³-hybridized carbons (Fsp3) is 0.450. The van der Waals surface area contributed by atoms with Gasteiger partial charge in [-0.15, -0.1) is 0 Å². The number of esters is 1. The summed E-state index contributed by atoms with van der Waals surface area (Å²) >= 11 is 5.90. The molecule has 3 rings (SSSR count). The summed E-state index contributed by atoms with van der Waals surface area (Å²) in [5, 5.41) is 3.03. The summed E-state index contributed by atoms with van der Waals surface area (Å²) in [5.41, 5.74) is 1.71. The van der Waals surface area contributed by atoms with Gasteiger partial charge in [-0.3, -0.25) is 0 Å². The maximum atomic E-state index is 14.7. The van der Waals surface area contributed by atoms with Gasteiger partial charge in [0.15, 0.2) is 0 Å². The number of amides is 2. The first-order valence-electron chi connectivity index (χ1n) is 9.49. The van der Waals surface area contributed by atoms with E-state index in [0.29, 0.717) is 25.1 Å². The molecule has 2 N–H and O–H groups in total. The summed E-state index contributed by atoms with van der Waals surface area (Å²) in [6.07, 6.45) is 2.75. The summed E-state index contributed by atoms with van der Waals surface area (Å²) in [6, 6.07) is 2.33. The lowest BCUT2D eigenvalue weighted by molar-refractivity contribution is -0.144. The van der Waals surface area contributed by atoms with Crippen LogP contribution in [0.2, 0.25) is 5.02 Å². The maximum absolute atomic E-state index is 14.7. The minimum absolute atomic E-state index is 0.122. The second-order valence-electron chi connectivity index (χ2n) is 7.11. The van der Waals surface area contributed by atoms with Gasteiger partial charge in [0.1, 0.15) is 17.9 Å². The number of carbonyl (C=O) groups is 2. The zero-order chi connectivity index (χ0) is 21.1. The van der Waals surface area contributed by atoms with Crippen LogP contribution >= 0.6 is 11.6 Å². The Kier molecular flexibility index (Phi) is 6.42. The molecule has 0 fully saturated rings. The van der Waals surface area contributed by atoms with Gasteiger partial charge in [-0.2, -0.15) is 0 Å². The quantitative estimate of drug-likeness (QED) is 0.722. The molecule has 0 bridgehead atoms. The number of benzene rings is 1. The van der Waals surface area contributed by atoms with Crippen LogP contribution in [-0.4, -0.2) is 46.6 Å². The predicted octanol–water partition coefficient (Wildman–Crippen LogP) is 3.45. The number of fused-ring (bicyclic) bond motifs is 1. The van der Waals surface area contributed by atoms with E-state index in [4.69, 9.17) is 16.3 Å². The average molecular weight is 423 g/mol. The molecule has 1 aromatic carbocycles. The molecule has 1 aliphatic rings. The van der Waals surface area contributed by atoms with E-state index in [9.17, 15) is 14.0 Å². The van der Waals surface area contributed by atoms with Gasteiger partial charge in [0.25, 0.3) is 0 Å². The zero-order valence-corrected chi connectivity index (χ0v) is 17.3. The zero-order valence-electron chi connectivity index (χ0n) is 16.5. The number of hydrogen-bond acceptors (Lipinski definition) is 4. The third kappa shape index (κ3) is 4.22. The Balaban J connectivity index is 1.96. The van der Waals surface area contributed by atoms with Crippen molar-refractivity contribution in [3.8, 4) is 0 Å². The highest BCUT2D eigenvalue weighted by Crippen LogP contribution is 2.35. The van der Waals surface area contributed by atoms with Crippen LogP contribution in [0.3, 0.4) is 0 Å². The van der Waals surface area contributed by atoms with Crippen LogP contribution in [-0.2, 0) is 16.0 Å². The van der Waals surface area contributed by atoms with Crippen LogP contribution in [0.15, 0.2) is 24.5 Å². The molecular formula is C20H24ClFN4O3. The van der Waals surface area contributed by atoms with Crippen molar-refractivity contribution >= 4 is 23.6 Å². The van der Waals surface area contributed by atoms with Gasteiger partial charge in [-0.25, -0.2) is 19.0 Å². The highest BCUT2D eigenvalue weighted by Gasteiger charge is 2.37. The Hall–Kier alpha value is -2.61. The SMILES string of the molecule is CCC(C)C(NC(=O)N1CCc2[nH]cnc2C1c1ccc(Cl)cc1F)C(=O)OC. The van der Waals surface area contributed by atoms with E-state index in [-0.39, 0.29) is 16.5 Å². The number of nitrogens with zero attached hydrogens (tertiary/aromatic N) is 2. The molecule has 0 radical (unpaired) electrons. The molecule has 156 valence electrons. The fourth-order valence-electron chi connectivity index (χ4n) is 3.55. The minimum atomic E-state index is -0.797. The number of aromatic amines is 1. The molecule has 29 heavy (non-hydrogen) atoms. The van der Waals surface area contributed by atoms with E-state index >= 15 is 0 Å². The van der Waals surface area contributed by atoms with Crippen molar-refractivity contribution in [2.24, 2.45) is 5.92 Å². The monoisotopic (exact) mass is 422 g/mol. The largest absolute Gasteiger partial charge is 0.467 e. The number of imidazole rings is 1. The van der Waals surface area contributed by atoms with Gasteiger partial charge in [0.2, 0.25) is 0 Å². The van der Waals surface area contributed by atoms with Crippen molar-refractivity contribution in [1.82, 2.24) is 20.2 Å². The summed E-state index contributed by atoms with van der Waals surface area (Å²) in [4.78, 5) is 34.2. The van der Waals surface area contributed by atoms with Crippen LogP contribution in [0.1, 0.15) is 43.3 Å².